The quantitative estimate of drug-likeness (QED) is 0.303. The predicted octanol–water partition coefficient (Wildman–Crippen LogP) is 3.43. The highest BCUT2D eigenvalue weighted by atomic mass is 35.5. The van der Waals surface area contributed by atoms with E-state index in [1.54, 1.807) is 16.9 Å². The molecule has 3 aromatic rings. The molecule has 0 aliphatic carbocycles. The molecule has 4 rings (SSSR count). The molecule has 1 aliphatic rings. The van der Waals surface area contributed by atoms with Crippen molar-refractivity contribution in [1.29, 1.82) is 0 Å². The van der Waals surface area contributed by atoms with E-state index in [0.29, 0.717) is 41.9 Å². The highest BCUT2D eigenvalue weighted by Gasteiger charge is 2.22. The molecule has 2 N–H and O–H groups in total. The minimum absolute atomic E-state index is 0.00379. The van der Waals surface area contributed by atoms with Crippen molar-refractivity contribution in [3.63, 3.8) is 0 Å². The molecule has 0 bridgehead atoms. The van der Waals surface area contributed by atoms with Crippen molar-refractivity contribution in [1.82, 2.24) is 19.9 Å². The van der Waals surface area contributed by atoms with E-state index in [2.05, 4.69) is 24.5 Å². The first kappa shape index (κ1) is 22.8. The predicted molar refractivity (Wildman–Crippen MR) is 123 cm³/mol. The third-order valence-corrected chi connectivity index (χ3v) is 6.05. The number of carbonyl (C=O) groups excluding carboxylic acids is 1. The largest absolute Gasteiger partial charge is 0.368 e. The van der Waals surface area contributed by atoms with Gasteiger partial charge in [0, 0.05) is 52.4 Å². The summed E-state index contributed by atoms with van der Waals surface area (Å²) in [5.74, 6) is 4.83. The summed E-state index contributed by atoms with van der Waals surface area (Å²) in [5, 5.41) is 9.46. The van der Waals surface area contributed by atoms with Gasteiger partial charge in [-0.05, 0) is 30.3 Å². The SMILES string of the molecule is NOOSc1ccc(-c2cn(CC(=O)N3CCN(c4cc(Cl)cc(Cl)c4)CC3)nn2)cc1. The Kier molecular flexibility index (Phi) is 7.51. The third-order valence-electron chi connectivity index (χ3n) is 5.00. The first-order valence-electron chi connectivity index (χ1n) is 9.71. The third kappa shape index (κ3) is 5.71. The van der Waals surface area contributed by atoms with Crippen LogP contribution in [0.2, 0.25) is 10.0 Å². The Bertz CT molecular complexity index is 1050. The molecular formula is C20H20Cl2N6O3S. The molecule has 0 radical (unpaired) electrons. The zero-order chi connectivity index (χ0) is 22.5. The molecule has 0 saturated carbocycles. The molecular weight excluding hydrogens is 475 g/mol. The van der Waals surface area contributed by atoms with Gasteiger partial charge in [0.05, 0.1) is 18.2 Å². The van der Waals surface area contributed by atoms with Crippen molar-refractivity contribution in [3.8, 4) is 11.3 Å². The number of carbonyl (C=O) groups is 1. The van der Waals surface area contributed by atoms with Gasteiger partial charge in [-0.1, -0.05) is 40.5 Å². The number of anilines is 1. The smallest absolute Gasteiger partial charge is 0.244 e. The van der Waals surface area contributed by atoms with Crippen LogP contribution in [0.4, 0.5) is 5.69 Å². The van der Waals surface area contributed by atoms with E-state index in [-0.39, 0.29) is 12.5 Å². The van der Waals surface area contributed by atoms with Crippen LogP contribution in [0.15, 0.2) is 53.6 Å². The number of hydrogen-bond acceptors (Lipinski definition) is 8. The fourth-order valence-electron chi connectivity index (χ4n) is 3.42. The molecule has 32 heavy (non-hydrogen) atoms. The standard InChI is InChI=1S/C20H20Cl2N6O3S/c21-15-9-16(22)11-17(10-15)26-5-7-27(8-6-26)20(29)13-28-12-19(24-25-28)14-1-3-18(4-2-14)32-31-30-23/h1-4,9-12H,5-8,13,23H2. The second kappa shape index (κ2) is 10.5. The second-order valence-corrected chi connectivity index (χ2v) is 8.72. The first-order chi connectivity index (χ1) is 15.5. The van der Waals surface area contributed by atoms with Crippen molar-refractivity contribution in [2.45, 2.75) is 11.4 Å². The average molecular weight is 495 g/mol. The molecule has 1 saturated heterocycles. The fourth-order valence-corrected chi connectivity index (χ4v) is 4.30. The maximum atomic E-state index is 12.7. The molecule has 12 heteroatoms. The Morgan fingerprint density at radius 2 is 1.75 bits per heavy atom. The number of rotatable bonds is 7. The van der Waals surface area contributed by atoms with Crippen LogP contribution in [-0.4, -0.2) is 52.0 Å². The van der Waals surface area contributed by atoms with E-state index in [9.17, 15) is 4.79 Å². The number of piperazine rings is 1. The molecule has 1 aromatic heterocycles. The van der Waals surface area contributed by atoms with Gasteiger partial charge in [0.25, 0.3) is 0 Å². The summed E-state index contributed by atoms with van der Waals surface area (Å²) in [6, 6.07) is 12.9. The molecule has 1 amide bonds. The van der Waals surface area contributed by atoms with Crippen molar-refractivity contribution in [2.75, 3.05) is 31.1 Å². The summed E-state index contributed by atoms with van der Waals surface area (Å²) in [4.78, 5) is 21.6. The number of amides is 1. The first-order valence-corrected chi connectivity index (χ1v) is 11.2. The minimum Gasteiger partial charge on any atom is -0.368 e. The Balaban J connectivity index is 1.32. The Hall–Kier alpha value is -2.34. The van der Waals surface area contributed by atoms with Gasteiger partial charge < -0.3 is 9.80 Å². The molecule has 2 heterocycles. The van der Waals surface area contributed by atoms with Crippen LogP contribution in [0.1, 0.15) is 0 Å². The maximum Gasteiger partial charge on any atom is 0.244 e. The van der Waals surface area contributed by atoms with Gasteiger partial charge in [-0.3, -0.25) is 4.79 Å². The van der Waals surface area contributed by atoms with Crippen molar-refractivity contribution in [2.24, 2.45) is 5.90 Å². The number of benzene rings is 2. The van der Waals surface area contributed by atoms with Gasteiger partial charge in [-0.25, -0.2) is 4.68 Å². The fraction of sp³-hybridized carbons (Fsp3) is 0.250. The lowest BCUT2D eigenvalue weighted by atomic mass is 10.2. The Morgan fingerprint density at radius 1 is 1.06 bits per heavy atom. The van der Waals surface area contributed by atoms with Crippen molar-refractivity contribution < 1.29 is 14.1 Å². The number of nitrogens with two attached hydrogens (primary N) is 1. The zero-order valence-electron chi connectivity index (χ0n) is 16.9. The van der Waals surface area contributed by atoms with Gasteiger partial charge in [0.15, 0.2) is 0 Å². The van der Waals surface area contributed by atoms with Crippen LogP contribution in [-0.2, 0) is 20.7 Å². The number of hydrogen-bond donors (Lipinski definition) is 1. The summed E-state index contributed by atoms with van der Waals surface area (Å²) in [5.41, 5.74) is 2.51. The minimum atomic E-state index is -0.00379. The van der Waals surface area contributed by atoms with Crippen LogP contribution in [0.25, 0.3) is 11.3 Å². The molecule has 168 valence electrons. The lowest BCUT2D eigenvalue weighted by Gasteiger charge is -2.36. The summed E-state index contributed by atoms with van der Waals surface area (Å²) < 4.78 is 6.17. The molecule has 0 unspecified atom stereocenters. The lowest BCUT2D eigenvalue weighted by Crippen LogP contribution is -2.49. The lowest BCUT2D eigenvalue weighted by molar-refractivity contribution is -0.195. The molecule has 0 spiro atoms. The van der Waals surface area contributed by atoms with E-state index in [4.69, 9.17) is 29.1 Å². The molecule has 1 fully saturated rings. The molecule has 9 nitrogen and oxygen atoms in total. The van der Waals surface area contributed by atoms with Gasteiger partial charge in [0.1, 0.15) is 12.2 Å². The van der Waals surface area contributed by atoms with Gasteiger partial charge in [0.2, 0.25) is 5.91 Å². The molecule has 2 aromatic carbocycles. The topological polar surface area (TPSA) is 98.7 Å². The van der Waals surface area contributed by atoms with Crippen molar-refractivity contribution >= 4 is 46.8 Å². The number of halogens is 2. The normalized spacial score (nSPS) is 14.1. The van der Waals surface area contributed by atoms with Crippen LogP contribution in [0.3, 0.4) is 0 Å². The van der Waals surface area contributed by atoms with E-state index in [1.807, 2.05) is 41.3 Å². The summed E-state index contributed by atoms with van der Waals surface area (Å²) >= 11 is 13.2. The maximum absolute atomic E-state index is 12.7. The van der Waals surface area contributed by atoms with Crippen LogP contribution in [0.5, 0.6) is 0 Å². The van der Waals surface area contributed by atoms with Crippen LogP contribution in [0, 0.1) is 0 Å². The summed E-state index contributed by atoms with van der Waals surface area (Å²) in [7, 11) is 0. The highest BCUT2D eigenvalue weighted by molar-refractivity contribution is 7.94. The summed E-state index contributed by atoms with van der Waals surface area (Å²) in [6.07, 6.45) is 1.75. The number of nitrogens with zero attached hydrogens (tertiary/aromatic N) is 5. The van der Waals surface area contributed by atoms with E-state index in [1.165, 1.54) is 0 Å². The summed E-state index contributed by atoms with van der Waals surface area (Å²) in [6.45, 7) is 2.75. The van der Waals surface area contributed by atoms with E-state index in [0.717, 1.165) is 28.2 Å². The zero-order valence-corrected chi connectivity index (χ0v) is 19.2. The number of aromatic nitrogens is 3. The second-order valence-electron chi connectivity index (χ2n) is 7.07. The van der Waals surface area contributed by atoms with Gasteiger partial charge in [-0.2, -0.15) is 5.90 Å². The van der Waals surface area contributed by atoms with E-state index >= 15 is 0 Å². The molecule has 1 aliphatic heterocycles. The highest BCUT2D eigenvalue weighted by Crippen LogP contribution is 2.26. The monoisotopic (exact) mass is 494 g/mol. The van der Waals surface area contributed by atoms with Gasteiger partial charge >= 0.3 is 0 Å². The van der Waals surface area contributed by atoms with Crippen LogP contribution >= 0.6 is 35.2 Å². The molecule has 0 atom stereocenters. The van der Waals surface area contributed by atoms with Gasteiger partial charge in [-0.15, -0.1) is 14.4 Å². The van der Waals surface area contributed by atoms with E-state index < -0.39 is 0 Å². The Morgan fingerprint density at radius 3 is 2.41 bits per heavy atom. The van der Waals surface area contributed by atoms with Crippen LogP contribution < -0.4 is 10.8 Å². The van der Waals surface area contributed by atoms with Crippen molar-refractivity contribution in [3.05, 3.63) is 58.7 Å². The average Bonchev–Trinajstić information content (AvgIpc) is 3.26. The Labute approximate surface area is 199 Å².